The SMILES string of the molecule is Cc1nc(Sc2ncnc(N)c2[N+](=O)[O-])nc(C)c1C. The monoisotopic (exact) mass is 292 g/mol. The summed E-state index contributed by atoms with van der Waals surface area (Å²) in [4.78, 5) is 26.5. The molecule has 0 atom stereocenters. The van der Waals surface area contributed by atoms with E-state index in [1.165, 1.54) is 6.33 Å². The molecule has 0 aromatic carbocycles. The number of hydrogen-bond donors (Lipinski definition) is 1. The van der Waals surface area contributed by atoms with Crippen LogP contribution in [0.3, 0.4) is 0 Å². The third-order valence-electron chi connectivity index (χ3n) is 2.80. The molecule has 0 amide bonds. The van der Waals surface area contributed by atoms with Gasteiger partial charge in [0, 0.05) is 11.4 Å². The molecule has 8 nitrogen and oxygen atoms in total. The minimum atomic E-state index is -0.606. The van der Waals surface area contributed by atoms with Crippen molar-refractivity contribution in [3.8, 4) is 0 Å². The second kappa shape index (κ2) is 5.37. The van der Waals surface area contributed by atoms with Crippen molar-refractivity contribution in [1.82, 2.24) is 19.9 Å². The summed E-state index contributed by atoms with van der Waals surface area (Å²) in [6.45, 7) is 5.64. The van der Waals surface area contributed by atoms with Crippen LogP contribution in [-0.2, 0) is 0 Å². The molecular formula is C11H12N6O2S. The molecule has 9 heteroatoms. The molecule has 0 aliphatic carbocycles. The van der Waals surface area contributed by atoms with E-state index >= 15 is 0 Å². The van der Waals surface area contributed by atoms with Gasteiger partial charge in [-0.3, -0.25) is 10.1 Å². The Hall–Kier alpha value is -2.29. The Morgan fingerprint density at radius 2 is 1.80 bits per heavy atom. The summed E-state index contributed by atoms with van der Waals surface area (Å²) in [5.41, 5.74) is 7.83. The molecule has 0 aliphatic heterocycles. The van der Waals surface area contributed by atoms with Crippen LogP contribution in [0.25, 0.3) is 0 Å². The van der Waals surface area contributed by atoms with E-state index in [-0.39, 0.29) is 16.5 Å². The van der Waals surface area contributed by atoms with Crippen LogP contribution in [0.4, 0.5) is 11.5 Å². The topological polar surface area (TPSA) is 121 Å². The van der Waals surface area contributed by atoms with Gasteiger partial charge < -0.3 is 5.73 Å². The summed E-state index contributed by atoms with van der Waals surface area (Å²) in [7, 11) is 0. The molecule has 104 valence electrons. The Labute approximate surface area is 119 Å². The maximum Gasteiger partial charge on any atom is 0.343 e. The maximum absolute atomic E-state index is 11.0. The summed E-state index contributed by atoms with van der Waals surface area (Å²) in [6.07, 6.45) is 1.18. The van der Waals surface area contributed by atoms with Crippen molar-refractivity contribution in [2.24, 2.45) is 0 Å². The minimum Gasteiger partial charge on any atom is -0.378 e. The van der Waals surface area contributed by atoms with Crippen molar-refractivity contribution in [2.45, 2.75) is 31.0 Å². The van der Waals surface area contributed by atoms with Gasteiger partial charge in [-0.05, 0) is 38.1 Å². The zero-order valence-electron chi connectivity index (χ0n) is 11.1. The van der Waals surface area contributed by atoms with Crippen molar-refractivity contribution in [2.75, 3.05) is 5.73 Å². The second-order valence-corrected chi connectivity index (χ2v) is 5.03. The quantitative estimate of drug-likeness (QED) is 0.393. The zero-order chi connectivity index (χ0) is 14.9. The van der Waals surface area contributed by atoms with Crippen molar-refractivity contribution in [1.29, 1.82) is 0 Å². The van der Waals surface area contributed by atoms with Crippen LogP contribution in [-0.4, -0.2) is 24.9 Å². The molecule has 20 heavy (non-hydrogen) atoms. The fourth-order valence-electron chi connectivity index (χ4n) is 1.50. The standard InChI is InChI=1S/C11H12N6O2S/c1-5-6(2)15-11(16-7(5)3)20-10-8(17(18)19)9(12)13-4-14-10/h4H,1-3H3,(H2,12,13,14). The molecule has 0 spiro atoms. The molecule has 0 bridgehead atoms. The fourth-order valence-corrected chi connectivity index (χ4v) is 2.41. The van der Waals surface area contributed by atoms with E-state index in [0.717, 1.165) is 28.7 Å². The lowest BCUT2D eigenvalue weighted by molar-refractivity contribution is -0.387. The van der Waals surface area contributed by atoms with Crippen LogP contribution in [0.2, 0.25) is 0 Å². The minimum absolute atomic E-state index is 0.130. The summed E-state index contributed by atoms with van der Waals surface area (Å²) in [5, 5.41) is 11.5. The van der Waals surface area contributed by atoms with Crippen molar-refractivity contribution >= 4 is 23.3 Å². The maximum atomic E-state index is 11.0. The van der Waals surface area contributed by atoms with Crippen molar-refractivity contribution in [3.05, 3.63) is 33.4 Å². The highest BCUT2D eigenvalue weighted by molar-refractivity contribution is 7.99. The van der Waals surface area contributed by atoms with E-state index in [2.05, 4.69) is 19.9 Å². The highest BCUT2D eigenvalue weighted by atomic mass is 32.2. The number of nitrogens with zero attached hydrogens (tertiary/aromatic N) is 5. The molecule has 0 saturated heterocycles. The van der Waals surface area contributed by atoms with Crippen LogP contribution in [0.5, 0.6) is 0 Å². The van der Waals surface area contributed by atoms with E-state index in [4.69, 9.17) is 5.73 Å². The van der Waals surface area contributed by atoms with Gasteiger partial charge in [0.2, 0.25) is 5.82 Å². The Morgan fingerprint density at radius 1 is 1.20 bits per heavy atom. The number of nitrogens with two attached hydrogens (primary N) is 1. The molecule has 2 aromatic heterocycles. The highest BCUT2D eigenvalue weighted by Gasteiger charge is 2.22. The van der Waals surface area contributed by atoms with Gasteiger partial charge in [0.25, 0.3) is 0 Å². The molecule has 0 saturated carbocycles. The lowest BCUT2D eigenvalue weighted by Gasteiger charge is -2.06. The molecule has 0 unspecified atom stereocenters. The number of aryl methyl sites for hydroxylation is 2. The fraction of sp³-hybridized carbons (Fsp3) is 0.273. The first-order valence-corrected chi connectivity index (χ1v) is 6.46. The first-order valence-electron chi connectivity index (χ1n) is 5.64. The number of anilines is 1. The Morgan fingerprint density at radius 3 is 2.35 bits per heavy atom. The third-order valence-corrected chi connectivity index (χ3v) is 3.66. The smallest absolute Gasteiger partial charge is 0.343 e. The number of hydrogen-bond acceptors (Lipinski definition) is 8. The normalized spacial score (nSPS) is 10.6. The first-order chi connectivity index (χ1) is 9.40. The van der Waals surface area contributed by atoms with E-state index < -0.39 is 4.92 Å². The van der Waals surface area contributed by atoms with E-state index in [0.29, 0.717) is 5.16 Å². The Bertz CT molecular complexity index is 668. The molecule has 0 aliphatic rings. The van der Waals surface area contributed by atoms with Gasteiger partial charge in [-0.25, -0.2) is 19.9 Å². The van der Waals surface area contributed by atoms with Gasteiger partial charge in [0.15, 0.2) is 10.2 Å². The van der Waals surface area contributed by atoms with Gasteiger partial charge in [-0.15, -0.1) is 0 Å². The predicted octanol–water partition coefficient (Wildman–Crippen LogP) is 1.83. The first kappa shape index (κ1) is 14.1. The predicted molar refractivity (Wildman–Crippen MR) is 73.5 cm³/mol. The summed E-state index contributed by atoms with van der Waals surface area (Å²) < 4.78 is 0. The lowest BCUT2D eigenvalue weighted by atomic mass is 10.2. The summed E-state index contributed by atoms with van der Waals surface area (Å²) in [6, 6.07) is 0. The van der Waals surface area contributed by atoms with Crippen LogP contribution in [0.1, 0.15) is 17.0 Å². The van der Waals surface area contributed by atoms with Crippen molar-refractivity contribution in [3.63, 3.8) is 0 Å². The average molecular weight is 292 g/mol. The van der Waals surface area contributed by atoms with Gasteiger partial charge in [0.1, 0.15) is 6.33 Å². The average Bonchev–Trinajstić information content (AvgIpc) is 2.35. The third kappa shape index (κ3) is 2.67. The van der Waals surface area contributed by atoms with Crippen LogP contribution < -0.4 is 5.73 Å². The van der Waals surface area contributed by atoms with Crippen LogP contribution in [0, 0.1) is 30.9 Å². The number of aromatic nitrogens is 4. The van der Waals surface area contributed by atoms with Crippen molar-refractivity contribution < 1.29 is 4.92 Å². The van der Waals surface area contributed by atoms with Gasteiger partial charge in [-0.2, -0.15) is 0 Å². The molecule has 0 radical (unpaired) electrons. The summed E-state index contributed by atoms with van der Waals surface area (Å²) >= 11 is 0.999. The Balaban J connectivity index is 2.45. The van der Waals surface area contributed by atoms with Crippen LogP contribution in [0.15, 0.2) is 16.5 Å². The van der Waals surface area contributed by atoms with E-state index in [1.54, 1.807) is 0 Å². The summed E-state index contributed by atoms with van der Waals surface area (Å²) in [5.74, 6) is -0.173. The number of nitro groups is 1. The number of rotatable bonds is 3. The lowest BCUT2D eigenvalue weighted by Crippen LogP contribution is -2.03. The zero-order valence-corrected chi connectivity index (χ0v) is 11.9. The highest BCUT2D eigenvalue weighted by Crippen LogP contribution is 2.34. The molecule has 2 heterocycles. The molecule has 2 N–H and O–H groups in total. The van der Waals surface area contributed by atoms with Gasteiger partial charge >= 0.3 is 5.69 Å². The molecule has 0 fully saturated rings. The van der Waals surface area contributed by atoms with E-state index in [9.17, 15) is 10.1 Å². The van der Waals surface area contributed by atoms with Gasteiger partial charge in [0.05, 0.1) is 4.92 Å². The largest absolute Gasteiger partial charge is 0.378 e. The molecular weight excluding hydrogens is 280 g/mol. The Kier molecular flexibility index (Phi) is 3.79. The van der Waals surface area contributed by atoms with E-state index in [1.807, 2.05) is 20.8 Å². The second-order valence-electron chi connectivity index (χ2n) is 4.07. The number of nitrogen functional groups attached to an aromatic ring is 1. The molecule has 2 aromatic rings. The molecule has 2 rings (SSSR count). The van der Waals surface area contributed by atoms with Crippen LogP contribution >= 0.6 is 11.8 Å². The van der Waals surface area contributed by atoms with Gasteiger partial charge in [-0.1, -0.05) is 0 Å².